The van der Waals surface area contributed by atoms with Gasteiger partial charge < -0.3 is 30.5 Å². The van der Waals surface area contributed by atoms with E-state index in [1.54, 1.807) is 0 Å². The van der Waals surface area contributed by atoms with Gasteiger partial charge >= 0.3 is 6.03 Å². The highest BCUT2D eigenvalue weighted by atomic mass is 16.7. The van der Waals surface area contributed by atoms with E-state index in [1.165, 1.54) is 38.5 Å². The SMILES string of the molecule is CC(C)(C)NC(=O)[C@H]1CC[C@H]2CCCC[C@H]2N1C[C@H]1C[C@@H](c2ccc(CO)cc2)O[C@@H](c2cccc(-c3cccc(CNC(=O)NC45CC6CC(CC(C6)C4)C5)c3)c2)O1. The molecule has 5 aliphatic carbocycles. The summed E-state index contributed by atoms with van der Waals surface area (Å²) in [5, 5.41) is 19.7. The number of aliphatic hydroxyl groups is 1. The van der Waals surface area contributed by atoms with Crippen molar-refractivity contribution in [2.75, 3.05) is 6.54 Å². The lowest BCUT2D eigenvalue weighted by atomic mass is 9.53. The van der Waals surface area contributed by atoms with Crippen LogP contribution >= 0.6 is 0 Å². The molecule has 2 aliphatic heterocycles. The Labute approximate surface area is 351 Å². The van der Waals surface area contributed by atoms with Gasteiger partial charge in [0.2, 0.25) is 5.91 Å². The molecule has 59 heavy (non-hydrogen) atoms. The van der Waals surface area contributed by atoms with E-state index in [0.717, 1.165) is 89.7 Å². The molecule has 5 saturated carbocycles. The Kier molecular flexibility index (Phi) is 11.7. The maximum Gasteiger partial charge on any atom is 0.315 e. The fraction of sp³-hybridized carbons (Fsp3) is 0.600. The molecule has 10 rings (SSSR count). The average Bonchev–Trinajstić information content (AvgIpc) is 3.22. The highest BCUT2D eigenvalue weighted by molar-refractivity contribution is 5.82. The Morgan fingerprint density at radius 3 is 2.19 bits per heavy atom. The van der Waals surface area contributed by atoms with E-state index in [4.69, 9.17) is 9.47 Å². The molecular weight excluding hydrogens is 737 g/mol. The second kappa shape index (κ2) is 16.9. The highest BCUT2D eigenvalue weighted by Crippen LogP contribution is 2.55. The maximum absolute atomic E-state index is 13.9. The highest BCUT2D eigenvalue weighted by Gasteiger charge is 2.51. The van der Waals surface area contributed by atoms with Crippen molar-refractivity contribution in [1.29, 1.82) is 0 Å². The van der Waals surface area contributed by atoms with Gasteiger partial charge in [-0.3, -0.25) is 9.69 Å². The number of rotatable bonds is 10. The van der Waals surface area contributed by atoms with E-state index >= 15 is 0 Å². The third-order valence-corrected chi connectivity index (χ3v) is 14.6. The summed E-state index contributed by atoms with van der Waals surface area (Å²) < 4.78 is 13.8. The molecule has 0 spiro atoms. The zero-order valence-corrected chi connectivity index (χ0v) is 35.5. The number of amides is 3. The quantitative estimate of drug-likeness (QED) is 0.163. The summed E-state index contributed by atoms with van der Waals surface area (Å²) in [6, 6.07) is 25.1. The topological polar surface area (TPSA) is 112 Å². The lowest BCUT2D eigenvalue weighted by Crippen LogP contribution is -2.61. The largest absolute Gasteiger partial charge is 0.392 e. The van der Waals surface area contributed by atoms with Gasteiger partial charge in [0.15, 0.2) is 6.29 Å². The van der Waals surface area contributed by atoms with Crippen LogP contribution in [0.2, 0.25) is 0 Å². The number of benzene rings is 3. The molecule has 6 atom stereocenters. The van der Waals surface area contributed by atoms with Crippen molar-refractivity contribution in [2.45, 2.75) is 159 Å². The van der Waals surface area contributed by atoms with Crippen LogP contribution in [0.1, 0.15) is 139 Å². The number of ether oxygens (including phenoxy) is 2. The zero-order valence-electron chi connectivity index (χ0n) is 35.5. The van der Waals surface area contributed by atoms with Crippen molar-refractivity contribution in [3.8, 4) is 11.1 Å². The van der Waals surface area contributed by atoms with Crippen molar-refractivity contribution in [3.63, 3.8) is 0 Å². The molecule has 7 aliphatic rings. The van der Waals surface area contributed by atoms with Gasteiger partial charge in [0.05, 0.1) is 24.9 Å². The van der Waals surface area contributed by atoms with Crippen LogP contribution in [-0.2, 0) is 27.4 Å². The number of likely N-dealkylation sites (tertiary alicyclic amines) is 1. The van der Waals surface area contributed by atoms with Crippen molar-refractivity contribution in [1.82, 2.24) is 20.9 Å². The Morgan fingerprint density at radius 2 is 1.47 bits per heavy atom. The van der Waals surface area contributed by atoms with Gasteiger partial charge in [0.25, 0.3) is 0 Å². The van der Waals surface area contributed by atoms with Crippen LogP contribution in [0.3, 0.4) is 0 Å². The lowest BCUT2D eigenvalue weighted by Gasteiger charge is -2.56. The minimum Gasteiger partial charge on any atom is -0.392 e. The van der Waals surface area contributed by atoms with Gasteiger partial charge in [-0.1, -0.05) is 73.5 Å². The van der Waals surface area contributed by atoms with Crippen LogP contribution in [0, 0.1) is 23.7 Å². The molecule has 4 N–H and O–H groups in total. The minimum atomic E-state index is -0.608. The standard InChI is InChI=1S/C50H66N4O5/c1-49(2,3)52-46(56)44-19-18-37-9-4-5-13-43(37)54(44)30-42-25-45(38-16-14-32(31-55)15-17-38)59-47(58-42)41-12-7-11-40(24-41)39-10-6-8-33(23-39)29-51-48(57)53-50-26-34-20-35(27-50)22-36(21-34)28-50/h6-8,10-12,14-17,23-24,34-37,42-45,47,55H,4-5,9,13,18-22,25-31H2,1-3H3,(H,52,56)(H2,51,53,57)/t34?,35?,36?,37-,42-,43-,44-,45+,47+,50?/m1/s1. The van der Waals surface area contributed by atoms with E-state index in [9.17, 15) is 14.7 Å². The first-order chi connectivity index (χ1) is 28.5. The smallest absolute Gasteiger partial charge is 0.315 e. The summed E-state index contributed by atoms with van der Waals surface area (Å²) in [4.78, 5) is 29.7. The molecule has 3 amide bonds. The van der Waals surface area contributed by atoms with Crippen molar-refractivity contribution in [3.05, 3.63) is 95.1 Å². The second-order valence-electron chi connectivity index (χ2n) is 20.3. The molecule has 3 aromatic carbocycles. The molecule has 2 saturated heterocycles. The van der Waals surface area contributed by atoms with Crippen LogP contribution in [0.15, 0.2) is 72.8 Å². The molecular formula is C50H66N4O5. The number of piperidine rings is 1. The van der Waals surface area contributed by atoms with Crippen LogP contribution in [0.25, 0.3) is 11.1 Å². The summed E-state index contributed by atoms with van der Waals surface area (Å²) in [6.45, 7) is 7.30. The van der Waals surface area contributed by atoms with Crippen molar-refractivity contribution in [2.24, 2.45) is 23.7 Å². The maximum atomic E-state index is 13.9. The van der Waals surface area contributed by atoms with Crippen molar-refractivity contribution >= 4 is 11.9 Å². The Bertz CT molecular complexity index is 1920. The molecule has 3 aromatic rings. The van der Waals surface area contributed by atoms with Gasteiger partial charge in [0, 0.05) is 42.2 Å². The molecule has 2 heterocycles. The molecule has 7 fully saturated rings. The van der Waals surface area contributed by atoms with E-state index in [2.05, 4.69) is 102 Å². The van der Waals surface area contributed by atoms with E-state index in [1.807, 2.05) is 12.1 Å². The van der Waals surface area contributed by atoms with Gasteiger partial charge in [-0.2, -0.15) is 0 Å². The second-order valence-corrected chi connectivity index (χ2v) is 20.3. The number of aliphatic hydroxyl groups excluding tert-OH is 1. The number of nitrogens with one attached hydrogen (secondary N) is 3. The zero-order chi connectivity index (χ0) is 40.7. The Morgan fingerprint density at radius 1 is 0.780 bits per heavy atom. The third-order valence-electron chi connectivity index (χ3n) is 14.6. The first-order valence-electron chi connectivity index (χ1n) is 22.8. The molecule has 9 heteroatoms. The Hall–Kier alpha value is -3.76. The van der Waals surface area contributed by atoms with Crippen LogP contribution in [0.4, 0.5) is 4.79 Å². The van der Waals surface area contributed by atoms with Crippen molar-refractivity contribution < 1.29 is 24.2 Å². The van der Waals surface area contributed by atoms with E-state index < -0.39 is 6.29 Å². The number of nitrogens with zero attached hydrogens (tertiary/aromatic N) is 1. The van der Waals surface area contributed by atoms with Crippen LogP contribution in [-0.4, -0.2) is 57.8 Å². The summed E-state index contributed by atoms with van der Waals surface area (Å²) in [5.74, 6) is 3.08. The molecule has 0 aromatic heterocycles. The predicted molar refractivity (Wildman–Crippen MR) is 230 cm³/mol. The summed E-state index contributed by atoms with van der Waals surface area (Å²) in [5.41, 5.74) is 5.73. The van der Waals surface area contributed by atoms with Gasteiger partial charge in [0.1, 0.15) is 0 Å². The monoisotopic (exact) mass is 803 g/mol. The molecule has 9 nitrogen and oxygen atoms in total. The van der Waals surface area contributed by atoms with Gasteiger partial charge in [-0.15, -0.1) is 0 Å². The summed E-state index contributed by atoms with van der Waals surface area (Å²) in [7, 11) is 0. The molecule has 0 unspecified atom stereocenters. The van der Waals surface area contributed by atoms with Crippen LogP contribution < -0.4 is 16.0 Å². The number of urea groups is 1. The number of carbonyl (C=O) groups excluding carboxylic acids is 2. The van der Waals surface area contributed by atoms with E-state index in [0.29, 0.717) is 31.5 Å². The first-order valence-corrected chi connectivity index (χ1v) is 22.8. The lowest BCUT2D eigenvalue weighted by molar-refractivity contribution is -0.255. The molecule has 316 valence electrons. The number of carbonyl (C=O) groups is 2. The van der Waals surface area contributed by atoms with Gasteiger partial charge in [-0.05, 0) is 149 Å². The number of hydrogen-bond acceptors (Lipinski definition) is 6. The average molecular weight is 803 g/mol. The first kappa shape index (κ1) is 40.6. The number of hydrogen-bond donors (Lipinski definition) is 4. The summed E-state index contributed by atoms with van der Waals surface area (Å²) in [6.07, 6.45) is 13.9. The third kappa shape index (κ3) is 9.29. The summed E-state index contributed by atoms with van der Waals surface area (Å²) >= 11 is 0. The number of fused-ring (bicyclic) bond motifs is 1. The van der Waals surface area contributed by atoms with Crippen LogP contribution in [0.5, 0.6) is 0 Å². The Balaban J connectivity index is 0.925. The normalized spacial score (nSPS) is 32.9. The fourth-order valence-electron chi connectivity index (χ4n) is 12.5. The molecule has 4 bridgehead atoms. The van der Waals surface area contributed by atoms with Gasteiger partial charge in [-0.25, -0.2) is 4.79 Å². The molecule has 0 radical (unpaired) electrons. The predicted octanol–water partition coefficient (Wildman–Crippen LogP) is 9.10. The fourth-order valence-corrected chi connectivity index (χ4v) is 12.5. The minimum absolute atomic E-state index is 0.00517. The van der Waals surface area contributed by atoms with E-state index in [-0.39, 0.29) is 47.9 Å².